The molecule has 1 saturated carbocycles. The average molecular weight is 417 g/mol. The summed E-state index contributed by atoms with van der Waals surface area (Å²) in [5.41, 5.74) is 2.06. The fourth-order valence-corrected chi connectivity index (χ4v) is 7.07. The van der Waals surface area contributed by atoms with Crippen molar-refractivity contribution in [2.45, 2.75) is 73.1 Å². The van der Waals surface area contributed by atoms with Crippen LogP contribution in [0.2, 0.25) is 0 Å². The summed E-state index contributed by atoms with van der Waals surface area (Å²) < 4.78 is 28.0. The van der Waals surface area contributed by atoms with Gasteiger partial charge in [-0.15, -0.1) is 11.8 Å². The molecule has 0 N–H and O–H groups in total. The number of hydrogen-bond acceptors (Lipinski definition) is 4. The fourth-order valence-electron chi connectivity index (χ4n) is 4.22. The van der Waals surface area contributed by atoms with Crippen molar-refractivity contribution in [2.75, 3.05) is 6.54 Å². The second-order valence-corrected chi connectivity index (χ2v) is 11.1. The number of aryl methyl sites for hydroxylation is 1. The topological polar surface area (TPSA) is 50.3 Å². The van der Waals surface area contributed by atoms with Gasteiger partial charge in [0.1, 0.15) is 0 Å². The maximum absolute atomic E-state index is 13.2. The van der Waals surface area contributed by atoms with Crippen LogP contribution >= 0.6 is 11.8 Å². The summed E-state index contributed by atoms with van der Waals surface area (Å²) in [6, 6.07) is 11.2. The van der Waals surface area contributed by atoms with E-state index in [1.807, 2.05) is 37.0 Å². The number of hydrogen-bond donors (Lipinski definition) is 0. The van der Waals surface area contributed by atoms with E-state index in [9.17, 15) is 8.42 Å². The Morgan fingerprint density at radius 3 is 2.39 bits per heavy atom. The van der Waals surface area contributed by atoms with E-state index in [0.717, 1.165) is 29.0 Å². The van der Waals surface area contributed by atoms with Crippen LogP contribution in [0.4, 0.5) is 0 Å². The van der Waals surface area contributed by atoms with Crippen LogP contribution < -0.4 is 0 Å². The first kappa shape index (κ1) is 19.9. The molecule has 4 rings (SSSR count). The molecule has 0 bridgehead atoms. The number of rotatable bonds is 5. The number of pyridine rings is 1. The summed E-state index contributed by atoms with van der Waals surface area (Å²) in [5.74, 6) is 0. The highest BCUT2D eigenvalue weighted by Crippen LogP contribution is 2.38. The maximum atomic E-state index is 13.2. The van der Waals surface area contributed by atoms with Gasteiger partial charge in [-0.05, 0) is 56.4 Å². The lowest BCUT2D eigenvalue weighted by molar-refractivity contribution is 0.396. The van der Waals surface area contributed by atoms with Gasteiger partial charge in [-0.25, -0.2) is 13.4 Å². The minimum atomic E-state index is -3.49. The number of nitrogens with zero attached hydrogens (tertiary/aromatic N) is 2. The molecule has 1 aromatic heterocycles. The fraction of sp³-hybridized carbons (Fsp3) is 0.500. The molecular formula is C22H28N2O2S2. The first-order chi connectivity index (χ1) is 13.5. The molecule has 0 radical (unpaired) electrons. The normalized spacial score (nSPS) is 21.8. The Morgan fingerprint density at radius 1 is 0.964 bits per heavy atom. The lowest BCUT2D eigenvalue weighted by Crippen LogP contribution is -2.30. The Bertz CT molecular complexity index is 889. The molecule has 6 heteroatoms. The maximum Gasteiger partial charge on any atom is 0.243 e. The molecule has 1 aliphatic carbocycles. The lowest BCUT2D eigenvalue weighted by atomic mass is 10.0. The highest BCUT2D eigenvalue weighted by Gasteiger charge is 2.36. The molecule has 0 unspecified atom stereocenters. The van der Waals surface area contributed by atoms with E-state index in [4.69, 9.17) is 0 Å². The van der Waals surface area contributed by atoms with Gasteiger partial charge in [0.2, 0.25) is 10.0 Å². The third kappa shape index (κ3) is 4.29. The van der Waals surface area contributed by atoms with E-state index < -0.39 is 10.0 Å². The van der Waals surface area contributed by atoms with Crippen molar-refractivity contribution in [1.82, 2.24) is 9.29 Å². The highest BCUT2D eigenvalue weighted by atomic mass is 32.2. The molecule has 150 valence electrons. The van der Waals surface area contributed by atoms with E-state index in [2.05, 4.69) is 17.1 Å². The largest absolute Gasteiger partial charge is 0.250 e. The molecule has 4 nitrogen and oxygen atoms in total. The number of sulfonamides is 1. The smallest absolute Gasteiger partial charge is 0.243 e. The molecule has 2 aliphatic rings. The van der Waals surface area contributed by atoms with Gasteiger partial charge in [0.15, 0.2) is 0 Å². The van der Waals surface area contributed by atoms with Crippen LogP contribution in [0, 0.1) is 6.92 Å². The van der Waals surface area contributed by atoms with Gasteiger partial charge in [0, 0.05) is 18.0 Å². The SMILES string of the molecule is Cc1ccc(S(=O)(=O)N2CCC[C@@H]2c2ccc(SC3CCCCC3)nc2)cc1. The zero-order chi connectivity index (χ0) is 19.6. The zero-order valence-electron chi connectivity index (χ0n) is 16.4. The van der Waals surface area contributed by atoms with Crippen molar-refractivity contribution in [1.29, 1.82) is 0 Å². The van der Waals surface area contributed by atoms with Crippen molar-refractivity contribution in [3.05, 3.63) is 53.7 Å². The molecule has 1 saturated heterocycles. The van der Waals surface area contributed by atoms with Gasteiger partial charge in [0.05, 0.1) is 16.0 Å². The summed E-state index contributed by atoms with van der Waals surface area (Å²) in [6.45, 7) is 2.53. The van der Waals surface area contributed by atoms with Gasteiger partial charge in [-0.1, -0.05) is 43.0 Å². The molecule has 2 aromatic rings. The van der Waals surface area contributed by atoms with Crippen LogP contribution in [0.15, 0.2) is 52.5 Å². The van der Waals surface area contributed by atoms with Crippen molar-refractivity contribution in [3.8, 4) is 0 Å². The van der Waals surface area contributed by atoms with Crippen molar-refractivity contribution in [2.24, 2.45) is 0 Å². The summed E-state index contributed by atoms with van der Waals surface area (Å²) in [5, 5.41) is 1.73. The second-order valence-electron chi connectivity index (χ2n) is 7.89. The Balaban J connectivity index is 1.50. The van der Waals surface area contributed by atoms with Gasteiger partial charge in [0.25, 0.3) is 0 Å². The van der Waals surface area contributed by atoms with Crippen LogP contribution in [0.5, 0.6) is 0 Å². The Hall–Kier alpha value is -1.37. The first-order valence-corrected chi connectivity index (χ1v) is 12.6. The molecule has 0 amide bonds. The zero-order valence-corrected chi connectivity index (χ0v) is 18.0. The quantitative estimate of drug-likeness (QED) is 0.660. The standard InChI is InChI=1S/C22H28N2O2S2/c1-17-9-12-20(13-10-17)28(25,26)24-15-5-8-21(24)18-11-14-22(23-16-18)27-19-6-3-2-4-7-19/h9-14,16,19,21H,2-8,15H2,1H3/t21-/m1/s1. The van der Waals surface area contributed by atoms with E-state index in [-0.39, 0.29) is 6.04 Å². The number of thioether (sulfide) groups is 1. The third-order valence-corrected chi connectivity index (χ3v) is 9.02. The van der Waals surface area contributed by atoms with Gasteiger partial charge in [-0.3, -0.25) is 0 Å². The van der Waals surface area contributed by atoms with Gasteiger partial charge in [-0.2, -0.15) is 4.31 Å². The Kier molecular flexibility index (Phi) is 6.09. The minimum Gasteiger partial charge on any atom is -0.250 e. The summed E-state index contributed by atoms with van der Waals surface area (Å²) >= 11 is 1.88. The summed E-state index contributed by atoms with van der Waals surface area (Å²) in [7, 11) is -3.49. The number of aromatic nitrogens is 1. The van der Waals surface area contributed by atoms with Crippen molar-refractivity contribution >= 4 is 21.8 Å². The average Bonchev–Trinajstić information content (AvgIpc) is 3.21. The first-order valence-electron chi connectivity index (χ1n) is 10.3. The van der Waals surface area contributed by atoms with Gasteiger partial charge >= 0.3 is 0 Å². The molecule has 0 spiro atoms. The minimum absolute atomic E-state index is 0.118. The molecular weight excluding hydrogens is 388 g/mol. The van der Waals surface area contributed by atoms with Crippen LogP contribution in [-0.2, 0) is 10.0 Å². The van der Waals surface area contributed by atoms with Crippen LogP contribution in [0.3, 0.4) is 0 Å². The van der Waals surface area contributed by atoms with Crippen molar-refractivity contribution < 1.29 is 8.42 Å². The predicted octanol–water partition coefficient (Wildman–Crippen LogP) is 5.34. The predicted molar refractivity (Wildman–Crippen MR) is 114 cm³/mol. The van der Waals surface area contributed by atoms with E-state index in [1.54, 1.807) is 16.4 Å². The second kappa shape index (κ2) is 8.56. The molecule has 28 heavy (non-hydrogen) atoms. The molecule has 1 aliphatic heterocycles. The molecule has 2 fully saturated rings. The summed E-state index contributed by atoms with van der Waals surface area (Å²) in [4.78, 5) is 5.04. The monoisotopic (exact) mass is 416 g/mol. The van der Waals surface area contributed by atoms with Gasteiger partial charge < -0.3 is 0 Å². The highest BCUT2D eigenvalue weighted by molar-refractivity contribution is 7.99. The van der Waals surface area contributed by atoms with E-state index >= 15 is 0 Å². The molecule has 1 aromatic carbocycles. The summed E-state index contributed by atoms with van der Waals surface area (Å²) in [6.07, 6.45) is 10.2. The van der Waals surface area contributed by atoms with Crippen LogP contribution in [0.1, 0.15) is 62.1 Å². The van der Waals surface area contributed by atoms with E-state index in [0.29, 0.717) is 16.7 Å². The molecule has 1 atom stereocenters. The Labute approximate surface area is 172 Å². The number of benzene rings is 1. The third-order valence-electron chi connectivity index (χ3n) is 5.81. The van der Waals surface area contributed by atoms with Crippen LogP contribution in [-0.4, -0.2) is 29.5 Å². The van der Waals surface area contributed by atoms with Crippen molar-refractivity contribution in [3.63, 3.8) is 0 Å². The van der Waals surface area contributed by atoms with Crippen LogP contribution in [0.25, 0.3) is 0 Å². The van der Waals surface area contributed by atoms with E-state index in [1.165, 1.54) is 32.1 Å². The molecule has 2 heterocycles. The Morgan fingerprint density at radius 2 is 1.71 bits per heavy atom. The lowest BCUT2D eigenvalue weighted by Gasteiger charge is -2.25.